The van der Waals surface area contributed by atoms with Crippen LogP contribution in [-0.2, 0) is 4.79 Å². The number of anilines is 1. The number of nitrogens with zero attached hydrogens (tertiary/aromatic N) is 2. The number of carbonyl (C=O) groups excluding carboxylic acids is 2. The minimum Gasteiger partial charge on any atom is -0.507 e. The number of ether oxygens (including phenoxy) is 1. The minimum absolute atomic E-state index is 0.0473. The van der Waals surface area contributed by atoms with E-state index >= 15 is 0 Å². The molecule has 3 aromatic carbocycles. The Balaban J connectivity index is 1.67. The van der Waals surface area contributed by atoms with Crippen molar-refractivity contribution in [1.82, 2.24) is 5.43 Å². The molecule has 3 N–H and O–H groups in total. The summed E-state index contributed by atoms with van der Waals surface area (Å²) in [7, 11) is 1.38. The molecule has 0 aliphatic carbocycles. The number of aromatic hydroxyl groups is 1. The summed E-state index contributed by atoms with van der Waals surface area (Å²) in [5, 5.41) is 29.1. The van der Waals surface area contributed by atoms with Crippen molar-refractivity contribution in [2.75, 3.05) is 12.4 Å². The highest BCUT2D eigenvalue weighted by atomic mass is 16.6. The van der Waals surface area contributed by atoms with E-state index in [1.807, 2.05) is 24.3 Å². The van der Waals surface area contributed by atoms with Gasteiger partial charge >= 0.3 is 0 Å². The highest BCUT2D eigenvalue weighted by Gasteiger charge is 2.15. The highest BCUT2D eigenvalue weighted by Crippen LogP contribution is 2.29. The maximum Gasteiger partial charge on any atom is 0.275 e. The molecule has 3 aromatic rings. The maximum atomic E-state index is 12.4. The van der Waals surface area contributed by atoms with Crippen LogP contribution in [0.2, 0.25) is 0 Å². The zero-order chi connectivity index (χ0) is 23.3. The van der Waals surface area contributed by atoms with Gasteiger partial charge in [-0.15, -0.1) is 0 Å². The Morgan fingerprint density at radius 2 is 1.81 bits per heavy atom. The third-order valence-corrected chi connectivity index (χ3v) is 4.54. The third kappa shape index (κ3) is 5.17. The van der Waals surface area contributed by atoms with Gasteiger partial charge in [0.25, 0.3) is 11.6 Å². The zero-order valence-corrected chi connectivity index (χ0v) is 17.3. The number of fused-ring (bicyclic) bond motifs is 1. The fourth-order valence-electron chi connectivity index (χ4n) is 2.99. The summed E-state index contributed by atoms with van der Waals surface area (Å²) in [4.78, 5) is 35.1. The molecule has 0 aliphatic rings. The Kier molecular flexibility index (Phi) is 6.64. The lowest BCUT2D eigenvalue weighted by molar-refractivity contribution is -0.384. The second-order valence-electron chi connectivity index (χ2n) is 6.87. The number of nitro groups is 1. The number of hydrogen-bond donors (Lipinski definition) is 3. The predicted octanol–water partition coefficient (Wildman–Crippen LogP) is 3.60. The van der Waals surface area contributed by atoms with Crippen LogP contribution in [0.15, 0.2) is 59.7 Å². The van der Waals surface area contributed by atoms with E-state index in [4.69, 9.17) is 4.74 Å². The summed E-state index contributed by atoms with van der Waals surface area (Å²) >= 11 is 0. The van der Waals surface area contributed by atoms with Crippen molar-refractivity contribution in [1.29, 1.82) is 0 Å². The smallest absolute Gasteiger partial charge is 0.275 e. The molecule has 32 heavy (non-hydrogen) atoms. The Hall–Kier alpha value is -4.47. The second-order valence-corrected chi connectivity index (χ2v) is 6.87. The molecule has 0 aliphatic heterocycles. The summed E-state index contributed by atoms with van der Waals surface area (Å²) < 4.78 is 5.11. The molecular weight excluding hydrogens is 416 g/mol. The summed E-state index contributed by atoms with van der Waals surface area (Å²) in [6, 6.07) is 14.1. The van der Waals surface area contributed by atoms with Gasteiger partial charge in [-0.25, -0.2) is 5.43 Å². The largest absolute Gasteiger partial charge is 0.507 e. The quantitative estimate of drug-likeness (QED) is 0.293. The molecule has 10 nitrogen and oxygen atoms in total. The van der Waals surface area contributed by atoms with Crippen molar-refractivity contribution in [2.45, 2.75) is 13.3 Å². The molecule has 0 unspecified atom stereocenters. The number of phenolic OH excluding ortho intramolecular Hbond substituents is 1. The second kappa shape index (κ2) is 9.56. The van der Waals surface area contributed by atoms with Gasteiger partial charge in [0.05, 0.1) is 29.7 Å². The van der Waals surface area contributed by atoms with Crippen molar-refractivity contribution in [3.63, 3.8) is 0 Å². The molecule has 0 aromatic heterocycles. The normalized spacial score (nSPS) is 11.1. The lowest BCUT2D eigenvalue weighted by Crippen LogP contribution is -2.21. The number of non-ortho nitro benzene ring substituents is 1. The summed E-state index contributed by atoms with van der Waals surface area (Å²) in [6.07, 6.45) is -0.185. The number of hydrazone groups is 1. The van der Waals surface area contributed by atoms with Gasteiger partial charge in [-0.2, -0.15) is 5.10 Å². The molecule has 0 saturated carbocycles. The van der Waals surface area contributed by atoms with Gasteiger partial charge in [-0.3, -0.25) is 19.7 Å². The number of rotatable bonds is 7. The fourth-order valence-corrected chi connectivity index (χ4v) is 2.99. The first kappa shape index (κ1) is 22.2. The van der Waals surface area contributed by atoms with E-state index in [2.05, 4.69) is 15.8 Å². The van der Waals surface area contributed by atoms with Crippen LogP contribution < -0.4 is 15.5 Å². The summed E-state index contributed by atoms with van der Waals surface area (Å²) in [5.74, 6) is -1.07. The Morgan fingerprint density at radius 1 is 1.12 bits per heavy atom. The summed E-state index contributed by atoms with van der Waals surface area (Å²) in [6.45, 7) is 1.53. The number of nitro benzene ring substituents is 1. The molecule has 10 heteroatoms. The number of methoxy groups -OCH3 is 1. The molecule has 0 atom stereocenters. The molecule has 0 bridgehead atoms. The van der Waals surface area contributed by atoms with Crippen LogP contribution >= 0.6 is 0 Å². The highest BCUT2D eigenvalue weighted by molar-refractivity contribution is 6.07. The van der Waals surface area contributed by atoms with E-state index < -0.39 is 16.7 Å². The van der Waals surface area contributed by atoms with E-state index in [1.54, 1.807) is 6.07 Å². The summed E-state index contributed by atoms with van der Waals surface area (Å²) in [5.41, 5.74) is 2.58. The lowest BCUT2D eigenvalue weighted by Gasteiger charge is -2.10. The Morgan fingerprint density at radius 3 is 2.47 bits per heavy atom. The molecule has 0 spiro atoms. The maximum absolute atomic E-state index is 12.4. The van der Waals surface area contributed by atoms with Gasteiger partial charge in [-0.05, 0) is 35.9 Å². The van der Waals surface area contributed by atoms with E-state index in [0.29, 0.717) is 0 Å². The zero-order valence-electron chi connectivity index (χ0n) is 17.3. The molecule has 2 amide bonds. The van der Waals surface area contributed by atoms with Crippen LogP contribution in [0, 0.1) is 10.1 Å². The topological polar surface area (TPSA) is 143 Å². The fraction of sp³-hybridized carbons (Fsp3) is 0.136. The van der Waals surface area contributed by atoms with Crippen molar-refractivity contribution >= 4 is 39.7 Å². The number of carbonyl (C=O) groups is 2. The van der Waals surface area contributed by atoms with Gasteiger partial charge in [0.2, 0.25) is 5.91 Å². The van der Waals surface area contributed by atoms with Crippen LogP contribution in [0.5, 0.6) is 11.5 Å². The first-order chi connectivity index (χ1) is 15.3. The van der Waals surface area contributed by atoms with Gasteiger partial charge in [0.1, 0.15) is 11.5 Å². The minimum atomic E-state index is -0.631. The lowest BCUT2D eigenvalue weighted by atomic mass is 10.1. The van der Waals surface area contributed by atoms with Crippen molar-refractivity contribution in [2.24, 2.45) is 5.10 Å². The monoisotopic (exact) mass is 436 g/mol. The average Bonchev–Trinajstić information content (AvgIpc) is 2.76. The van der Waals surface area contributed by atoms with E-state index in [-0.39, 0.29) is 40.6 Å². The standard InChI is InChI=1S/C22H20N4O6/c1-13(9-21(28)23-18-12-16(26(30)31)7-8-20(18)32-2)24-25-22(29)17-10-14-5-3-4-6-15(14)11-19(17)27/h3-8,10-12,27H,9H2,1-2H3,(H,23,28)(H,25,29). The molecule has 0 fully saturated rings. The van der Waals surface area contributed by atoms with Crippen LogP contribution in [0.25, 0.3) is 10.8 Å². The SMILES string of the molecule is COc1ccc([N+](=O)[O-])cc1NC(=O)CC(C)=NNC(=O)c1cc2ccccc2cc1O. The van der Waals surface area contributed by atoms with E-state index in [0.717, 1.165) is 10.8 Å². The van der Waals surface area contributed by atoms with Crippen molar-refractivity contribution < 1.29 is 24.4 Å². The van der Waals surface area contributed by atoms with Gasteiger partial charge < -0.3 is 15.2 Å². The first-order valence-electron chi connectivity index (χ1n) is 9.46. The molecular formula is C22H20N4O6. The Bertz CT molecular complexity index is 1240. The molecule has 0 heterocycles. The number of amides is 2. The molecule has 0 saturated heterocycles. The predicted molar refractivity (Wildman–Crippen MR) is 119 cm³/mol. The van der Waals surface area contributed by atoms with Gasteiger partial charge in [0, 0.05) is 17.8 Å². The molecule has 164 valence electrons. The first-order valence-corrected chi connectivity index (χ1v) is 9.46. The van der Waals surface area contributed by atoms with Gasteiger partial charge in [-0.1, -0.05) is 24.3 Å². The number of phenols is 1. The third-order valence-electron chi connectivity index (χ3n) is 4.54. The van der Waals surface area contributed by atoms with E-state index in [9.17, 15) is 24.8 Å². The van der Waals surface area contributed by atoms with Crippen molar-refractivity contribution in [3.8, 4) is 11.5 Å². The van der Waals surface area contributed by atoms with Crippen LogP contribution in [0.1, 0.15) is 23.7 Å². The van der Waals surface area contributed by atoms with Crippen LogP contribution in [0.4, 0.5) is 11.4 Å². The Labute approximate surface area is 182 Å². The molecule has 3 rings (SSSR count). The van der Waals surface area contributed by atoms with Crippen LogP contribution in [-0.4, -0.2) is 34.7 Å². The molecule has 0 radical (unpaired) electrons. The van der Waals surface area contributed by atoms with E-state index in [1.165, 1.54) is 38.3 Å². The number of hydrogen-bond acceptors (Lipinski definition) is 7. The number of nitrogens with one attached hydrogen (secondary N) is 2. The van der Waals surface area contributed by atoms with Gasteiger partial charge in [0.15, 0.2) is 0 Å². The van der Waals surface area contributed by atoms with Crippen LogP contribution in [0.3, 0.4) is 0 Å². The van der Waals surface area contributed by atoms with Crippen molar-refractivity contribution in [3.05, 3.63) is 70.3 Å². The average molecular weight is 436 g/mol. The number of benzene rings is 3.